The number of carboxylic acid groups (broad SMARTS) is 1. The van der Waals surface area contributed by atoms with Crippen LogP contribution in [0, 0.1) is 6.92 Å². The molecule has 0 aliphatic carbocycles. The van der Waals surface area contributed by atoms with Crippen molar-refractivity contribution in [1.82, 2.24) is 5.32 Å². The van der Waals surface area contributed by atoms with Gasteiger partial charge >= 0.3 is 13.1 Å². The number of carboxylic acids is 1. The number of hydrogen-bond acceptors (Lipinski definition) is 8. The van der Waals surface area contributed by atoms with E-state index in [1.165, 1.54) is 6.21 Å². The van der Waals surface area contributed by atoms with E-state index >= 15 is 0 Å². The standard InChI is InChI=1S/C16H20BN3O6S/c1-3-4-26-14-10(5-9(2)6-11(14)17(24)25)8-18-20-16-19-15(23)12(27-16)7-13(21)22/h5-6,8,12,24-25H,3-4,7H2,1-2H3,(H,21,22)(H,19,20,23). The molecule has 1 aromatic carbocycles. The minimum atomic E-state index is -1.70. The topological polar surface area (TPSA) is 141 Å². The summed E-state index contributed by atoms with van der Waals surface area (Å²) in [5.74, 6) is -1.20. The largest absolute Gasteiger partial charge is 0.493 e. The van der Waals surface area contributed by atoms with Gasteiger partial charge in [-0.1, -0.05) is 30.3 Å². The van der Waals surface area contributed by atoms with Gasteiger partial charge in [0.15, 0.2) is 5.17 Å². The molecule has 4 N–H and O–H groups in total. The van der Waals surface area contributed by atoms with Crippen LogP contribution in [0.4, 0.5) is 0 Å². The quantitative estimate of drug-likeness (QED) is 0.274. The summed E-state index contributed by atoms with van der Waals surface area (Å²) in [5, 5.41) is 37.7. The Hall–Kier alpha value is -2.37. The molecular formula is C16H20BN3O6S. The van der Waals surface area contributed by atoms with Crippen molar-refractivity contribution < 1.29 is 29.5 Å². The number of nitrogens with one attached hydrogen (secondary N) is 1. The van der Waals surface area contributed by atoms with Gasteiger partial charge in [0.25, 0.3) is 0 Å². The zero-order chi connectivity index (χ0) is 20.0. The van der Waals surface area contributed by atoms with Crippen molar-refractivity contribution in [2.75, 3.05) is 6.61 Å². The molecule has 0 bridgehead atoms. The van der Waals surface area contributed by atoms with Crippen LogP contribution >= 0.6 is 11.8 Å². The first-order valence-corrected chi connectivity index (χ1v) is 9.13. The van der Waals surface area contributed by atoms with Crippen LogP contribution in [0.5, 0.6) is 5.75 Å². The average Bonchev–Trinajstić information content (AvgIpc) is 2.92. The first kappa shape index (κ1) is 20.9. The summed E-state index contributed by atoms with van der Waals surface area (Å²) in [6, 6.07) is 3.37. The molecule has 1 unspecified atom stereocenters. The van der Waals surface area contributed by atoms with E-state index in [0.717, 1.165) is 23.7 Å². The third kappa shape index (κ3) is 5.81. The van der Waals surface area contributed by atoms with Gasteiger partial charge in [-0.2, -0.15) is 5.10 Å². The van der Waals surface area contributed by atoms with Gasteiger partial charge < -0.3 is 25.2 Å². The van der Waals surface area contributed by atoms with E-state index in [4.69, 9.17) is 9.84 Å². The van der Waals surface area contributed by atoms with E-state index in [1.807, 2.05) is 6.92 Å². The highest BCUT2D eigenvalue weighted by atomic mass is 32.2. The number of rotatable bonds is 8. The summed E-state index contributed by atoms with van der Waals surface area (Å²) in [7, 11) is -1.70. The molecule has 27 heavy (non-hydrogen) atoms. The van der Waals surface area contributed by atoms with E-state index in [-0.39, 0.29) is 17.1 Å². The number of nitrogens with zero attached hydrogens (tertiary/aromatic N) is 2. The Kier molecular flexibility index (Phi) is 7.40. The van der Waals surface area contributed by atoms with Gasteiger partial charge in [0, 0.05) is 11.0 Å². The second-order valence-corrected chi connectivity index (χ2v) is 7.03. The van der Waals surface area contributed by atoms with Crippen LogP contribution in [0.15, 0.2) is 22.3 Å². The molecule has 11 heteroatoms. The normalized spacial score (nSPS) is 18.1. The van der Waals surface area contributed by atoms with Gasteiger partial charge in [-0.15, -0.1) is 5.10 Å². The number of thioether (sulfide) groups is 1. The molecule has 0 saturated carbocycles. The summed E-state index contributed by atoms with van der Waals surface area (Å²) in [4.78, 5) is 22.4. The Balaban J connectivity index is 2.23. The van der Waals surface area contributed by atoms with Crippen LogP contribution in [0.1, 0.15) is 30.9 Å². The number of aryl methyl sites for hydroxylation is 1. The Morgan fingerprint density at radius 1 is 1.44 bits per heavy atom. The molecule has 1 heterocycles. The summed E-state index contributed by atoms with van der Waals surface area (Å²) < 4.78 is 5.63. The number of amides is 1. The molecule has 1 aliphatic heterocycles. The SMILES string of the molecule is CCCOc1c(C=NN=C2NC(=O)C(CC(=O)O)S2)cc(C)cc1B(O)O. The fraction of sp³-hybridized carbons (Fsp3) is 0.375. The minimum Gasteiger partial charge on any atom is -0.493 e. The van der Waals surface area contributed by atoms with Crippen LogP contribution in [-0.2, 0) is 9.59 Å². The van der Waals surface area contributed by atoms with Crippen molar-refractivity contribution in [2.24, 2.45) is 10.2 Å². The number of aliphatic carboxylic acids is 1. The Bertz CT molecular complexity index is 784. The average molecular weight is 393 g/mol. The zero-order valence-electron chi connectivity index (χ0n) is 14.9. The smallest absolute Gasteiger partial charge is 0.492 e. The first-order chi connectivity index (χ1) is 12.8. The van der Waals surface area contributed by atoms with Gasteiger partial charge in [-0.3, -0.25) is 9.59 Å². The lowest BCUT2D eigenvalue weighted by Crippen LogP contribution is -2.32. The summed E-state index contributed by atoms with van der Waals surface area (Å²) >= 11 is 0.995. The fourth-order valence-electron chi connectivity index (χ4n) is 2.38. The van der Waals surface area contributed by atoms with Gasteiger partial charge in [0.2, 0.25) is 5.91 Å². The molecular weight excluding hydrogens is 373 g/mol. The molecule has 1 saturated heterocycles. The van der Waals surface area contributed by atoms with Crippen molar-refractivity contribution in [3.8, 4) is 5.75 Å². The maximum absolute atomic E-state index is 11.7. The highest BCUT2D eigenvalue weighted by Crippen LogP contribution is 2.22. The lowest BCUT2D eigenvalue weighted by Gasteiger charge is -2.14. The molecule has 0 aromatic heterocycles. The van der Waals surface area contributed by atoms with Crippen LogP contribution in [0.2, 0.25) is 0 Å². The Labute approximate surface area is 160 Å². The second-order valence-electron chi connectivity index (χ2n) is 5.84. The lowest BCUT2D eigenvalue weighted by atomic mass is 9.77. The molecule has 1 fully saturated rings. The van der Waals surface area contributed by atoms with Crippen molar-refractivity contribution >= 4 is 47.6 Å². The van der Waals surface area contributed by atoms with Crippen LogP contribution in [-0.4, -0.2) is 57.4 Å². The molecule has 1 amide bonds. The third-order valence-electron chi connectivity index (χ3n) is 3.50. The molecule has 9 nitrogen and oxygen atoms in total. The van der Waals surface area contributed by atoms with Crippen LogP contribution in [0.25, 0.3) is 0 Å². The predicted molar refractivity (Wildman–Crippen MR) is 104 cm³/mol. The van der Waals surface area contributed by atoms with E-state index in [0.29, 0.717) is 17.9 Å². The lowest BCUT2D eigenvalue weighted by molar-refractivity contribution is -0.138. The van der Waals surface area contributed by atoms with Crippen molar-refractivity contribution in [2.45, 2.75) is 31.9 Å². The van der Waals surface area contributed by atoms with E-state index in [1.54, 1.807) is 19.1 Å². The molecule has 144 valence electrons. The molecule has 0 radical (unpaired) electrons. The minimum absolute atomic E-state index is 0.202. The summed E-state index contributed by atoms with van der Waals surface area (Å²) in [5.41, 5.74) is 1.51. The molecule has 0 spiro atoms. The fourth-order valence-corrected chi connectivity index (χ4v) is 3.29. The van der Waals surface area contributed by atoms with Crippen molar-refractivity contribution in [1.29, 1.82) is 0 Å². The van der Waals surface area contributed by atoms with Gasteiger partial charge in [-0.05, 0) is 19.4 Å². The third-order valence-corrected chi connectivity index (χ3v) is 4.57. The van der Waals surface area contributed by atoms with E-state index in [9.17, 15) is 19.6 Å². The second kappa shape index (κ2) is 9.54. The highest BCUT2D eigenvalue weighted by molar-refractivity contribution is 8.15. The predicted octanol–water partition coefficient (Wildman–Crippen LogP) is -0.140. The molecule has 1 aliphatic rings. The number of benzene rings is 1. The Morgan fingerprint density at radius 3 is 2.81 bits per heavy atom. The maximum Gasteiger partial charge on any atom is 0.492 e. The van der Waals surface area contributed by atoms with Crippen LogP contribution in [0.3, 0.4) is 0 Å². The summed E-state index contributed by atoms with van der Waals surface area (Å²) in [6.45, 7) is 4.11. The van der Waals surface area contributed by atoms with Crippen LogP contribution < -0.4 is 15.5 Å². The van der Waals surface area contributed by atoms with E-state index < -0.39 is 24.2 Å². The summed E-state index contributed by atoms with van der Waals surface area (Å²) in [6.07, 6.45) is 1.82. The number of amidine groups is 1. The molecule has 2 rings (SSSR count). The van der Waals surface area contributed by atoms with Crippen molar-refractivity contribution in [3.05, 3.63) is 23.3 Å². The number of carbonyl (C=O) groups excluding carboxylic acids is 1. The van der Waals surface area contributed by atoms with Gasteiger partial charge in [0.05, 0.1) is 19.2 Å². The Morgan fingerprint density at radius 2 is 2.19 bits per heavy atom. The monoisotopic (exact) mass is 393 g/mol. The first-order valence-electron chi connectivity index (χ1n) is 8.25. The molecule has 1 atom stereocenters. The number of hydrogen-bond donors (Lipinski definition) is 4. The number of carbonyl (C=O) groups is 2. The zero-order valence-corrected chi connectivity index (χ0v) is 15.7. The van der Waals surface area contributed by atoms with Gasteiger partial charge in [0.1, 0.15) is 11.0 Å². The van der Waals surface area contributed by atoms with Crippen molar-refractivity contribution in [3.63, 3.8) is 0 Å². The van der Waals surface area contributed by atoms with E-state index in [2.05, 4.69) is 15.5 Å². The maximum atomic E-state index is 11.7. The van der Waals surface area contributed by atoms with Gasteiger partial charge in [-0.25, -0.2) is 0 Å². The molecule has 1 aromatic rings. The highest BCUT2D eigenvalue weighted by Gasteiger charge is 2.32. The number of ether oxygens (including phenoxy) is 1.